The number of rotatable bonds is 5. The van der Waals surface area contributed by atoms with Gasteiger partial charge in [0, 0.05) is 5.56 Å². The van der Waals surface area contributed by atoms with Crippen LogP contribution in [-0.4, -0.2) is 36.2 Å². The van der Waals surface area contributed by atoms with Crippen LogP contribution in [0.5, 0.6) is 0 Å². The zero-order valence-electron chi connectivity index (χ0n) is 9.76. The Bertz CT molecular complexity index is 371. The lowest BCUT2D eigenvalue weighted by atomic mass is 10.0. The Kier molecular flexibility index (Phi) is 3.85. The molecule has 0 bridgehead atoms. The molecule has 0 aliphatic carbocycles. The molecule has 0 fully saturated rings. The molecule has 86 valence electrons. The van der Waals surface area contributed by atoms with E-state index in [-0.39, 0.29) is 12.6 Å². The van der Waals surface area contributed by atoms with Gasteiger partial charge in [0.25, 0.3) is 0 Å². The van der Waals surface area contributed by atoms with E-state index in [1.165, 1.54) is 0 Å². The monoisotopic (exact) mass is 220 g/mol. The Morgan fingerprint density at radius 3 is 2.44 bits per heavy atom. The third-order valence-corrected chi connectivity index (χ3v) is 2.66. The summed E-state index contributed by atoms with van der Waals surface area (Å²) in [6, 6.07) is 9.83. The van der Waals surface area contributed by atoms with Crippen molar-refractivity contribution in [3.63, 3.8) is 0 Å². The number of carboxylic acid groups (broad SMARTS) is 1. The zero-order chi connectivity index (χ0) is 12.2. The predicted molar refractivity (Wildman–Crippen MR) is 64.0 cm³/mol. The molecule has 0 spiro atoms. The van der Waals surface area contributed by atoms with Crippen molar-refractivity contribution < 1.29 is 14.4 Å². The Balaban J connectivity index is 2.98. The van der Waals surface area contributed by atoms with Gasteiger partial charge in [0.2, 0.25) is 0 Å². The molecule has 3 nitrogen and oxygen atoms in total. The normalized spacial score (nSPS) is 13.1. The molecule has 0 saturated heterocycles. The number of hydrogen-bond acceptors (Lipinski definition) is 1. The van der Waals surface area contributed by atoms with E-state index in [0.29, 0.717) is 4.48 Å². The van der Waals surface area contributed by atoms with Crippen molar-refractivity contribution in [2.45, 2.75) is 6.04 Å². The van der Waals surface area contributed by atoms with Crippen LogP contribution >= 0.6 is 0 Å². The first-order valence-electron chi connectivity index (χ1n) is 5.19. The summed E-state index contributed by atoms with van der Waals surface area (Å²) >= 11 is 0. The number of benzene rings is 1. The van der Waals surface area contributed by atoms with Gasteiger partial charge in [-0.2, -0.15) is 0 Å². The molecule has 1 aromatic carbocycles. The van der Waals surface area contributed by atoms with Gasteiger partial charge in [0.05, 0.1) is 14.1 Å². The average molecular weight is 220 g/mol. The highest BCUT2D eigenvalue weighted by atomic mass is 16.4. The van der Waals surface area contributed by atoms with E-state index in [1.807, 2.05) is 44.4 Å². The first-order chi connectivity index (χ1) is 7.47. The second-order valence-corrected chi connectivity index (χ2v) is 4.42. The summed E-state index contributed by atoms with van der Waals surface area (Å²) in [5.74, 6) is -0.798. The minimum atomic E-state index is -0.798. The molecule has 1 rings (SSSR count). The van der Waals surface area contributed by atoms with Crippen LogP contribution in [0.3, 0.4) is 0 Å². The van der Waals surface area contributed by atoms with E-state index in [2.05, 4.69) is 6.58 Å². The molecule has 0 aliphatic heterocycles. The summed E-state index contributed by atoms with van der Waals surface area (Å²) in [6.07, 6.45) is 1.80. The maximum absolute atomic E-state index is 10.8. The number of likely N-dealkylation sites (N-methyl/N-ethyl adjacent to an activating group) is 1. The smallest absolute Gasteiger partial charge is 0.359 e. The number of quaternary nitrogens is 1. The number of carbonyl (C=O) groups is 1. The highest BCUT2D eigenvalue weighted by molar-refractivity contribution is 5.68. The van der Waals surface area contributed by atoms with Crippen molar-refractivity contribution in [2.24, 2.45) is 0 Å². The lowest BCUT2D eigenvalue weighted by molar-refractivity contribution is -0.907. The Morgan fingerprint density at radius 1 is 1.44 bits per heavy atom. The molecule has 16 heavy (non-hydrogen) atoms. The standard InChI is InChI=1S/C13H17NO2/c1-4-12(11-8-6-5-7-9-11)14(2,3)10-13(15)16/h4-9,12H,1,10H2,2-3H3/p+1. The zero-order valence-corrected chi connectivity index (χ0v) is 9.76. The first kappa shape index (κ1) is 12.5. The summed E-state index contributed by atoms with van der Waals surface area (Å²) in [5.41, 5.74) is 1.09. The average Bonchev–Trinajstić information content (AvgIpc) is 2.17. The molecule has 0 aromatic heterocycles. The minimum Gasteiger partial charge on any atom is -0.477 e. The van der Waals surface area contributed by atoms with E-state index in [4.69, 9.17) is 5.11 Å². The van der Waals surface area contributed by atoms with Crippen LogP contribution < -0.4 is 0 Å². The van der Waals surface area contributed by atoms with Crippen molar-refractivity contribution in [1.29, 1.82) is 0 Å². The van der Waals surface area contributed by atoms with Crippen molar-refractivity contribution in [1.82, 2.24) is 0 Å². The molecule has 0 heterocycles. The first-order valence-corrected chi connectivity index (χ1v) is 5.19. The summed E-state index contributed by atoms with van der Waals surface area (Å²) < 4.78 is 0.364. The Morgan fingerprint density at radius 2 is 2.00 bits per heavy atom. The molecule has 0 radical (unpaired) electrons. The van der Waals surface area contributed by atoms with Crippen LogP contribution in [0.25, 0.3) is 0 Å². The fourth-order valence-corrected chi connectivity index (χ4v) is 1.92. The molecule has 0 aliphatic rings. The largest absolute Gasteiger partial charge is 0.477 e. The topological polar surface area (TPSA) is 37.3 Å². The Hall–Kier alpha value is -1.61. The highest BCUT2D eigenvalue weighted by Gasteiger charge is 2.29. The maximum Gasteiger partial charge on any atom is 0.359 e. The summed E-state index contributed by atoms with van der Waals surface area (Å²) in [6.45, 7) is 3.88. The van der Waals surface area contributed by atoms with Gasteiger partial charge in [-0.15, -0.1) is 0 Å². The molecule has 1 N–H and O–H groups in total. The fourth-order valence-electron chi connectivity index (χ4n) is 1.92. The van der Waals surface area contributed by atoms with Crippen LogP contribution in [0.2, 0.25) is 0 Å². The van der Waals surface area contributed by atoms with Crippen molar-refractivity contribution in [3.8, 4) is 0 Å². The molecule has 0 saturated carbocycles. The second-order valence-electron chi connectivity index (χ2n) is 4.42. The Labute approximate surface area is 96.2 Å². The lowest BCUT2D eigenvalue weighted by Gasteiger charge is -2.35. The highest BCUT2D eigenvalue weighted by Crippen LogP contribution is 2.25. The van der Waals surface area contributed by atoms with E-state index < -0.39 is 5.97 Å². The minimum absolute atomic E-state index is 0.00250. The molecular formula is C13H18NO2+. The lowest BCUT2D eigenvalue weighted by Crippen LogP contribution is -2.46. The van der Waals surface area contributed by atoms with Crippen molar-refractivity contribution in [2.75, 3.05) is 20.6 Å². The van der Waals surface area contributed by atoms with Crippen LogP contribution in [-0.2, 0) is 4.79 Å². The molecular weight excluding hydrogens is 202 g/mol. The third-order valence-electron chi connectivity index (χ3n) is 2.66. The van der Waals surface area contributed by atoms with Gasteiger partial charge >= 0.3 is 5.97 Å². The number of aliphatic carboxylic acids is 1. The quantitative estimate of drug-likeness (QED) is 0.609. The summed E-state index contributed by atoms with van der Waals surface area (Å²) in [7, 11) is 3.79. The number of hydrogen-bond donors (Lipinski definition) is 1. The van der Waals surface area contributed by atoms with Crippen LogP contribution in [0.1, 0.15) is 11.6 Å². The predicted octanol–water partition coefficient (Wildman–Crippen LogP) is 2.07. The van der Waals surface area contributed by atoms with Gasteiger partial charge in [-0.25, -0.2) is 4.79 Å². The van der Waals surface area contributed by atoms with Gasteiger partial charge in [-0.05, 0) is 6.08 Å². The van der Waals surface area contributed by atoms with E-state index in [9.17, 15) is 4.79 Å². The van der Waals surface area contributed by atoms with E-state index in [1.54, 1.807) is 6.08 Å². The van der Waals surface area contributed by atoms with Gasteiger partial charge in [0.1, 0.15) is 6.04 Å². The molecule has 3 heteroatoms. The molecule has 1 atom stereocenters. The maximum atomic E-state index is 10.8. The summed E-state index contributed by atoms with van der Waals surface area (Å²) in [4.78, 5) is 10.8. The number of carboxylic acids is 1. The molecule has 1 aromatic rings. The molecule has 1 unspecified atom stereocenters. The SMILES string of the molecule is C=CC(c1ccccc1)[N+](C)(C)CC(=O)O. The van der Waals surface area contributed by atoms with Crippen LogP contribution in [0.15, 0.2) is 43.0 Å². The van der Waals surface area contributed by atoms with E-state index in [0.717, 1.165) is 5.56 Å². The molecule has 0 amide bonds. The van der Waals surface area contributed by atoms with Gasteiger partial charge in [-0.3, -0.25) is 0 Å². The summed E-state index contributed by atoms with van der Waals surface area (Å²) in [5, 5.41) is 8.89. The van der Waals surface area contributed by atoms with Gasteiger partial charge < -0.3 is 9.59 Å². The number of nitrogens with zero attached hydrogens (tertiary/aromatic N) is 1. The van der Waals surface area contributed by atoms with Crippen LogP contribution in [0.4, 0.5) is 0 Å². The van der Waals surface area contributed by atoms with E-state index >= 15 is 0 Å². The van der Waals surface area contributed by atoms with Crippen molar-refractivity contribution in [3.05, 3.63) is 48.6 Å². The second kappa shape index (κ2) is 4.94. The van der Waals surface area contributed by atoms with Crippen LogP contribution in [0, 0.1) is 0 Å². The van der Waals surface area contributed by atoms with Gasteiger partial charge in [0.15, 0.2) is 6.54 Å². The van der Waals surface area contributed by atoms with Crippen molar-refractivity contribution >= 4 is 5.97 Å². The fraction of sp³-hybridized carbons (Fsp3) is 0.308. The van der Waals surface area contributed by atoms with Gasteiger partial charge in [-0.1, -0.05) is 36.9 Å². The third kappa shape index (κ3) is 2.94.